The maximum atomic E-state index is 12.0. The van der Waals surface area contributed by atoms with Crippen molar-refractivity contribution in [3.63, 3.8) is 0 Å². The van der Waals surface area contributed by atoms with Crippen LogP contribution in [0.25, 0.3) is 0 Å². The molecular weight excluding hydrogens is 330 g/mol. The van der Waals surface area contributed by atoms with Gasteiger partial charge >= 0.3 is 11.9 Å². The zero-order chi connectivity index (χ0) is 17.7. The molecule has 2 heterocycles. The minimum absolute atomic E-state index is 0.0585. The first-order chi connectivity index (χ1) is 11.4. The minimum Gasteiger partial charge on any atom is -0.463 e. The first-order valence-corrected chi connectivity index (χ1v) is 9.13. The molecule has 0 radical (unpaired) electrons. The number of likely N-dealkylation sites (N-methyl/N-ethyl adjacent to an activating group) is 1. The summed E-state index contributed by atoms with van der Waals surface area (Å²) in [6, 6.07) is 0. The molecule has 134 valence electrons. The fourth-order valence-corrected chi connectivity index (χ4v) is 3.96. The third-order valence-corrected chi connectivity index (χ3v) is 5.41. The van der Waals surface area contributed by atoms with Gasteiger partial charge in [0.2, 0.25) is 0 Å². The predicted octanol–water partition coefficient (Wildman–Crippen LogP) is 1.79. The highest BCUT2D eigenvalue weighted by Gasteiger charge is 2.36. The highest BCUT2D eigenvalue weighted by Crippen LogP contribution is 2.37. The molecule has 0 aliphatic carbocycles. The van der Waals surface area contributed by atoms with Gasteiger partial charge in [-0.25, -0.2) is 9.59 Å². The second-order valence-electron chi connectivity index (χ2n) is 5.82. The van der Waals surface area contributed by atoms with Gasteiger partial charge in [0.1, 0.15) is 11.2 Å². The van der Waals surface area contributed by atoms with E-state index in [1.54, 1.807) is 18.9 Å². The van der Waals surface area contributed by atoms with Gasteiger partial charge in [0.05, 0.1) is 17.7 Å². The van der Waals surface area contributed by atoms with Crippen molar-refractivity contribution >= 4 is 29.5 Å². The lowest BCUT2D eigenvalue weighted by Crippen LogP contribution is -2.42. The number of hydrogen-bond acceptors (Lipinski definition) is 7. The molecule has 2 aliphatic heterocycles. The number of rotatable bonds is 5. The molecular formula is C16H25N3O4S. The maximum absolute atomic E-state index is 12.0. The van der Waals surface area contributed by atoms with E-state index in [0.29, 0.717) is 10.9 Å². The van der Waals surface area contributed by atoms with Crippen LogP contribution in [0.5, 0.6) is 0 Å². The van der Waals surface area contributed by atoms with Gasteiger partial charge in [-0.05, 0) is 39.8 Å². The largest absolute Gasteiger partial charge is 0.463 e. The zero-order valence-electron chi connectivity index (χ0n) is 14.4. The van der Waals surface area contributed by atoms with E-state index in [9.17, 15) is 9.59 Å². The summed E-state index contributed by atoms with van der Waals surface area (Å²) >= 11 is 1.48. The third-order valence-electron chi connectivity index (χ3n) is 4.03. The van der Waals surface area contributed by atoms with Crippen LogP contribution in [0.4, 0.5) is 0 Å². The number of carbonyl (C=O) groups excluding carboxylic acids is 2. The lowest BCUT2D eigenvalue weighted by molar-refractivity contribution is -0.163. The SMILES string of the molecule is CCOC(=O)[C@H](C)OC(=O)/C=C1/SC(N2CCCCC2)C(=N)N1C. The molecule has 0 amide bonds. The summed E-state index contributed by atoms with van der Waals surface area (Å²) in [6.45, 7) is 5.38. The molecule has 1 unspecified atom stereocenters. The van der Waals surface area contributed by atoms with Crippen molar-refractivity contribution in [1.29, 1.82) is 5.41 Å². The van der Waals surface area contributed by atoms with Crippen LogP contribution < -0.4 is 0 Å². The fraction of sp³-hybridized carbons (Fsp3) is 0.688. The molecule has 0 aromatic heterocycles. The lowest BCUT2D eigenvalue weighted by Gasteiger charge is -2.30. The molecule has 2 aliphatic rings. The molecule has 0 saturated carbocycles. The Balaban J connectivity index is 1.97. The van der Waals surface area contributed by atoms with E-state index in [2.05, 4.69) is 4.90 Å². The average Bonchev–Trinajstić information content (AvgIpc) is 2.84. The standard InChI is InChI=1S/C16H25N3O4S/c1-4-22-16(21)11(2)23-13(20)10-12-18(3)14(17)15(24-12)19-8-6-5-7-9-19/h10-11,15,17H,4-9H2,1-3H3/b12-10+,17-14?/t11-,15?/m0/s1. The summed E-state index contributed by atoms with van der Waals surface area (Å²) in [5.41, 5.74) is 0. The zero-order valence-corrected chi connectivity index (χ0v) is 15.2. The van der Waals surface area contributed by atoms with Gasteiger partial charge in [0.15, 0.2) is 6.10 Å². The van der Waals surface area contributed by atoms with Crippen molar-refractivity contribution in [2.75, 3.05) is 26.7 Å². The van der Waals surface area contributed by atoms with Crippen LogP contribution in [-0.4, -0.2) is 65.8 Å². The second-order valence-corrected chi connectivity index (χ2v) is 6.93. The monoisotopic (exact) mass is 355 g/mol. The number of hydrogen-bond donors (Lipinski definition) is 1. The molecule has 0 aromatic rings. The Morgan fingerprint density at radius 1 is 1.38 bits per heavy atom. The Morgan fingerprint density at radius 3 is 2.67 bits per heavy atom. The number of likely N-dealkylation sites (tertiary alicyclic amines) is 1. The van der Waals surface area contributed by atoms with Crippen molar-refractivity contribution in [3.8, 4) is 0 Å². The van der Waals surface area contributed by atoms with Crippen molar-refractivity contribution in [3.05, 3.63) is 11.1 Å². The molecule has 1 N–H and O–H groups in total. The Kier molecular flexibility index (Phi) is 6.68. The fourth-order valence-electron chi connectivity index (χ4n) is 2.68. The van der Waals surface area contributed by atoms with E-state index in [0.717, 1.165) is 25.9 Å². The summed E-state index contributed by atoms with van der Waals surface area (Å²) in [7, 11) is 1.77. The number of esters is 2. The van der Waals surface area contributed by atoms with Crippen molar-refractivity contribution < 1.29 is 19.1 Å². The highest BCUT2D eigenvalue weighted by molar-refractivity contribution is 8.04. The Bertz CT molecular complexity index is 531. The first kappa shape index (κ1) is 18.8. The first-order valence-electron chi connectivity index (χ1n) is 8.25. The van der Waals surface area contributed by atoms with E-state index in [4.69, 9.17) is 14.9 Å². The van der Waals surface area contributed by atoms with Crippen LogP contribution in [0.1, 0.15) is 33.1 Å². The molecule has 8 heteroatoms. The topological polar surface area (TPSA) is 82.9 Å². The maximum Gasteiger partial charge on any atom is 0.347 e. The van der Waals surface area contributed by atoms with Gasteiger partial charge < -0.3 is 14.4 Å². The molecule has 0 aromatic carbocycles. The Morgan fingerprint density at radius 2 is 2.04 bits per heavy atom. The van der Waals surface area contributed by atoms with E-state index < -0.39 is 18.0 Å². The van der Waals surface area contributed by atoms with E-state index >= 15 is 0 Å². The number of piperidine rings is 1. The molecule has 2 rings (SSSR count). The van der Waals surface area contributed by atoms with Crippen LogP contribution in [-0.2, 0) is 19.1 Å². The summed E-state index contributed by atoms with van der Waals surface area (Å²) in [5, 5.41) is 8.89. The van der Waals surface area contributed by atoms with Gasteiger partial charge in [-0.1, -0.05) is 18.2 Å². The number of ether oxygens (including phenoxy) is 2. The number of nitrogens with one attached hydrogen (secondary N) is 1. The van der Waals surface area contributed by atoms with Crippen molar-refractivity contribution in [2.24, 2.45) is 0 Å². The van der Waals surface area contributed by atoms with Crippen molar-refractivity contribution in [2.45, 2.75) is 44.6 Å². The van der Waals surface area contributed by atoms with Crippen LogP contribution in [0.15, 0.2) is 11.1 Å². The average molecular weight is 355 g/mol. The van der Waals surface area contributed by atoms with E-state index in [1.165, 1.54) is 31.2 Å². The Hall–Kier alpha value is -1.54. The number of amidine groups is 1. The molecule has 7 nitrogen and oxygen atoms in total. The number of nitrogens with zero attached hydrogens (tertiary/aromatic N) is 2. The number of thioether (sulfide) groups is 1. The normalized spacial score (nSPS) is 25.0. The van der Waals surface area contributed by atoms with Crippen molar-refractivity contribution in [1.82, 2.24) is 9.80 Å². The molecule has 2 atom stereocenters. The van der Waals surface area contributed by atoms with Crippen LogP contribution in [0, 0.1) is 5.41 Å². The van der Waals surface area contributed by atoms with Gasteiger partial charge in [-0.3, -0.25) is 10.3 Å². The highest BCUT2D eigenvalue weighted by atomic mass is 32.2. The van der Waals surface area contributed by atoms with Crippen LogP contribution >= 0.6 is 11.8 Å². The molecule has 2 saturated heterocycles. The molecule has 0 spiro atoms. The smallest absolute Gasteiger partial charge is 0.347 e. The molecule has 24 heavy (non-hydrogen) atoms. The summed E-state index contributed by atoms with van der Waals surface area (Å²) in [5.74, 6) is -0.688. The van der Waals surface area contributed by atoms with Gasteiger partial charge in [0.25, 0.3) is 0 Å². The minimum atomic E-state index is -0.941. The second kappa shape index (κ2) is 8.53. The summed E-state index contributed by atoms with van der Waals surface area (Å²) in [6.07, 6.45) is 3.93. The predicted molar refractivity (Wildman–Crippen MR) is 92.6 cm³/mol. The van der Waals surface area contributed by atoms with Gasteiger partial charge in [-0.15, -0.1) is 0 Å². The quantitative estimate of drug-likeness (QED) is 0.594. The summed E-state index contributed by atoms with van der Waals surface area (Å²) in [4.78, 5) is 27.5. The third kappa shape index (κ3) is 4.51. The van der Waals surface area contributed by atoms with Crippen LogP contribution in [0.3, 0.4) is 0 Å². The lowest BCUT2D eigenvalue weighted by atomic mass is 10.1. The molecule has 0 bridgehead atoms. The number of carbonyl (C=O) groups is 2. The van der Waals surface area contributed by atoms with Crippen LogP contribution in [0.2, 0.25) is 0 Å². The van der Waals surface area contributed by atoms with E-state index in [1.807, 2.05) is 0 Å². The summed E-state index contributed by atoms with van der Waals surface area (Å²) < 4.78 is 9.89. The van der Waals surface area contributed by atoms with E-state index in [-0.39, 0.29) is 12.0 Å². The van der Waals surface area contributed by atoms with Gasteiger partial charge in [-0.2, -0.15) is 0 Å². The Labute approximate surface area is 146 Å². The molecule has 2 fully saturated rings. The van der Waals surface area contributed by atoms with Gasteiger partial charge in [0, 0.05) is 7.05 Å².